The lowest BCUT2D eigenvalue weighted by Gasteiger charge is -2.40. The second-order valence-corrected chi connectivity index (χ2v) is 8.58. The maximum Gasteiger partial charge on any atom is 0.257 e. The molecule has 1 aromatic carbocycles. The molecule has 162 valence electrons. The van der Waals surface area contributed by atoms with Crippen molar-refractivity contribution in [2.45, 2.75) is 63.4 Å². The SMILES string of the molecule is O=C(COc1ccc2c(c1)OC1(CCCCC1)CC2=O)NCCCN1CCCC1=O. The smallest absolute Gasteiger partial charge is 0.257 e. The van der Waals surface area contributed by atoms with E-state index < -0.39 is 0 Å². The van der Waals surface area contributed by atoms with Gasteiger partial charge in [-0.2, -0.15) is 0 Å². The topological polar surface area (TPSA) is 84.9 Å². The lowest BCUT2D eigenvalue weighted by atomic mass is 9.78. The van der Waals surface area contributed by atoms with Crippen molar-refractivity contribution in [1.82, 2.24) is 10.2 Å². The van der Waals surface area contributed by atoms with Gasteiger partial charge in [-0.25, -0.2) is 0 Å². The van der Waals surface area contributed by atoms with Gasteiger partial charge in [0.15, 0.2) is 12.4 Å². The number of hydrogen-bond acceptors (Lipinski definition) is 5. The van der Waals surface area contributed by atoms with Crippen LogP contribution in [0.4, 0.5) is 0 Å². The second-order valence-electron chi connectivity index (χ2n) is 8.58. The van der Waals surface area contributed by atoms with Gasteiger partial charge in [-0.1, -0.05) is 6.42 Å². The van der Waals surface area contributed by atoms with E-state index in [1.54, 1.807) is 18.2 Å². The number of ether oxygens (including phenoxy) is 2. The zero-order chi connectivity index (χ0) is 21.0. The van der Waals surface area contributed by atoms with Gasteiger partial charge in [0.05, 0.1) is 12.0 Å². The van der Waals surface area contributed by atoms with Crippen LogP contribution in [0.2, 0.25) is 0 Å². The minimum Gasteiger partial charge on any atom is -0.486 e. The van der Waals surface area contributed by atoms with Gasteiger partial charge in [0, 0.05) is 32.1 Å². The van der Waals surface area contributed by atoms with Crippen molar-refractivity contribution in [2.24, 2.45) is 0 Å². The first-order valence-corrected chi connectivity index (χ1v) is 11.1. The van der Waals surface area contributed by atoms with E-state index in [1.165, 1.54) is 6.42 Å². The minimum atomic E-state index is -0.366. The molecule has 4 rings (SSSR count). The molecule has 1 aliphatic carbocycles. The first-order chi connectivity index (χ1) is 14.5. The highest BCUT2D eigenvalue weighted by Crippen LogP contribution is 2.42. The van der Waals surface area contributed by atoms with Gasteiger partial charge in [-0.15, -0.1) is 0 Å². The maximum absolute atomic E-state index is 12.6. The molecule has 2 aliphatic heterocycles. The highest BCUT2D eigenvalue weighted by atomic mass is 16.5. The number of carbonyl (C=O) groups is 3. The summed E-state index contributed by atoms with van der Waals surface area (Å²) in [5.74, 6) is 1.21. The van der Waals surface area contributed by atoms with Crippen molar-refractivity contribution in [3.05, 3.63) is 23.8 Å². The number of Topliss-reactive ketones (excluding diaryl/α,β-unsaturated/α-hetero) is 1. The Morgan fingerprint density at radius 2 is 2.00 bits per heavy atom. The summed E-state index contributed by atoms with van der Waals surface area (Å²) in [5, 5.41) is 2.82. The molecule has 30 heavy (non-hydrogen) atoms. The second kappa shape index (κ2) is 9.06. The van der Waals surface area contributed by atoms with Crippen LogP contribution in [-0.4, -0.2) is 54.3 Å². The van der Waals surface area contributed by atoms with Crippen LogP contribution in [0.25, 0.3) is 0 Å². The Bertz CT molecular complexity index is 816. The fourth-order valence-electron chi connectivity index (χ4n) is 4.68. The van der Waals surface area contributed by atoms with Crippen molar-refractivity contribution in [3.8, 4) is 11.5 Å². The molecule has 1 spiro atoms. The molecule has 0 atom stereocenters. The number of fused-ring (bicyclic) bond motifs is 1. The largest absolute Gasteiger partial charge is 0.486 e. The van der Waals surface area contributed by atoms with Gasteiger partial charge in [0.25, 0.3) is 5.91 Å². The van der Waals surface area contributed by atoms with Gasteiger partial charge >= 0.3 is 0 Å². The summed E-state index contributed by atoms with van der Waals surface area (Å²) < 4.78 is 11.9. The number of likely N-dealkylation sites (tertiary alicyclic amines) is 1. The van der Waals surface area contributed by atoms with Crippen LogP contribution in [0, 0.1) is 0 Å². The Hall–Kier alpha value is -2.57. The summed E-state index contributed by atoms with van der Waals surface area (Å²) in [5.41, 5.74) is 0.231. The van der Waals surface area contributed by atoms with Gasteiger partial charge in [0.1, 0.15) is 17.1 Å². The summed E-state index contributed by atoms with van der Waals surface area (Å²) in [6.07, 6.45) is 7.94. The van der Waals surface area contributed by atoms with E-state index in [9.17, 15) is 14.4 Å². The molecule has 1 N–H and O–H groups in total. The van der Waals surface area contributed by atoms with Crippen molar-refractivity contribution >= 4 is 17.6 Å². The third kappa shape index (κ3) is 4.77. The van der Waals surface area contributed by atoms with Crippen LogP contribution >= 0.6 is 0 Å². The van der Waals surface area contributed by atoms with Crippen molar-refractivity contribution in [3.63, 3.8) is 0 Å². The third-order valence-corrected chi connectivity index (χ3v) is 6.30. The number of rotatable bonds is 7. The van der Waals surface area contributed by atoms with E-state index in [1.807, 2.05) is 4.90 Å². The zero-order valence-corrected chi connectivity index (χ0v) is 17.4. The normalized spacial score (nSPS) is 20.1. The van der Waals surface area contributed by atoms with E-state index in [0.29, 0.717) is 43.0 Å². The molecule has 0 bridgehead atoms. The Balaban J connectivity index is 1.25. The number of nitrogens with zero attached hydrogens (tertiary/aromatic N) is 1. The fraction of sp³-hybridized carbons (Fsp3) is 0.609. The molecule has 2 heterocycles. The molecule has 3 aliphatic rings. The predicted octanol–water partition coefficient (Wildman–Crippen LogP) is 2.86. The summed E-state index contributed by atoms with van der Waals surface area (Å²) in [4.78, 5) is 38.1. The average molecular weight is 415 g/mol. The fourth-order valence-corrected chi connectivity index (χ4v) is 4.68. The Labute approximate surface area is 177 Å². The molecular formula is C23H30N2O5. The van der Waals surface area contributed by atoms with Gasteiger partial charge < -0.3 is 19.7 Å². The quantitative estimate of drug-likeness (QED) is 0.694. The Kier molecular flexibility index (Phi) is 6.25. The molecule has 7 nitrogen and oxygen atoms in total. The molecule has 1 saturated heterocycles. The minimum absolute atomic E-state index is 0.0967. The molecular weight excluding hydrogens is 384 g/mol. The molecule has 1 aromatic rings. The molecule has 0 aromatic heterocycles. The molecule has 2 fully saturated rings. The van der Waals surface area contributed by atoms with Gasteiger partial charge in [0.2, 0.25) is 5.91 Å². The number of ketones is 1. The van der Waals surface area contributed by atoms with Crippen LogP contribution in [0.3, 0.4) is 0 Å². The third-order valence-electron chi connectivity index (χ3n) is 6.30. The molecule has 0 unspecified atom stereocenters. The zero-order valence-electron chi connectivity index (χ0n) is 17.4. The van der Waals surface area contributed by atoms with Gasteiger partial charge in [-0.05, 0) is 50.7 Å². The van der Waals surface area contributed by atoms with Gasteiger partial charge in [-0.3, -0.25) is 14.4 Å². The van der Waals surface area contributed by atoms with Crippen LogP contribution in [0.15, 0.2) is 18.2 Å². The Morgan fingerprint density at radius 1 is 1.17 bits per heavy atom. The monoisotopic (exact) mass is 414 g/mol. The average Bonchev–Trinajstić information content (AvgIpc) is 3.14. The molecule has 0 radical (unpaired) electrons. The summed E-state index contributed by atoms with van der Waals surface area (Å²) in [6.45, 7) is 1.91. The van der Waals surface area contributed by atoms with Crippen LogP contribution in [0.5, 0.6) is 11.5 Å². The number of hydrogen-bond donors (Lipinski definition) is 1. The molecule has 1 saturated carbocycles. The highest BCUT2D eigenvalue weighted by molar-refractivity contribution is 6.00. The molecule has 7 heteroatoms. The number of nitrogens with one attached hydrogen (secondary N) is 1. The van der Waals surface area contributed by atoms with Crippen LogP contribution in [0.1, 0.15) is 68.1 Å². The lowest BCUT2D eigenvalue weighted by molar-refractivity contribution is -0.127. The first-order valence-electron chi connectivity index (χ1n) is 11.1. The van der Waals surface area contributed by atoms with Crippen molar-refractivity contribution in [1.29, 1.82) is 0 Å². The van der Waals surface area contributed by atoms with E-state index in [0.717, 1.165) is 45.1 Å². The predicted molar refractivity (Wildman–Crippen MR) is 111 cm³/mol. The summed E-state index contributed by atoms with van der Waals surface area (Å²) in [6, 6.07) is 5.17. The van der Waals surface area contributed by atoms with Crippen molar-refractivity contribution < 1.29 is 23.9 Å². The standard InChI is InChI=1S/C23H30N2O5/c26-19-15-23(9-2-1-3-10-23)30-20-14-17(7-8-18(19)20)29-16-21(27)24-11-5-13-25-12-4-6-22(25)28/h7-8,14H,1-6,9-13,15-16H2,(H,24,27). The highest BCUT2D eigenvalue weighted by Gasteiger charge is 2.41. The Morgan fingerprint density at radius 3 is 2.77 bits per heavy atom. The van der Waals surface area contributed by atoms with Crippen molar-refractivity contribution in [2.75, 3.05) is 26.2 Å². The van der Waals surface area contributed by atoms with E-state index >= 15 is 0 Å². The van der Waals surface area contributed by atoms with E-state index in [4.69, 9.17) is 9.47 Å². The molecule has 2 amide bonds. The first kappa shape index (κ1) is 20.7. The van der Waals surface area contributed by atoms with Crippen LogP contribution in [-0.2, 0) is 9.59 Å². The number of carbonyl (C=O) groups excluding carboxylic acids is 3. The maximum atomic E-state index is 12.6. The van der Waals surface area contributed by atoms with E-state index in [2.05, 4.69) is 5.32 Å². The number of benzene rings is 1. The summed E-state index contributed by atoms with van der Waals surface area (Å²) in [7, 11) is 0. The van der Waals surface area contributed by atoms with E-state index in [-0.39, 0.29) is 29.8 Å². The van der Waals surface area contributed by atoms with Crippen LogP contribution < -0.4 is 14.8 Å². The number of amides is 2. The summed E-state index contributed by atoms with van der Waals surface area (Å²) >= 11 is 0. The lowest BCUT2D eigenvalue weighted by Crippen LogP contribution is -2.43.